The van der Waals surface area contributed by atoms with Gasteiger partial charge in [0, 0.05) is 21.1 Å². The molecule has 0 bridgehead atoms. The van der Waals surface area contributed by atoms with Crippen molar-refractivity contribution in [2.24, 2.45) is 5.73 Å². The molecule has 15 heavy (non-hydrogen) atoms. The number of benzene rings is 1. The minimum absolute atomic E-state index is 0.749. The molecule has 2 nitrogen and oxygen atoms in total. The van der Waals surface area contributed by atoms with Crippen LogP contribution in [0.1, 0.15) is 17.7 Å². The van der Waals surface area contributed by atoms with Gasteiger partial charge in [-0.25, -0.2) is 0 Å². The van der Waals surface area contributed by atoms with Gasteiger partial charge < -0.3 is 10.7 Å². The number of aryl methyl sites for hydroxylation is 2. The molecule has 2 rings (SSSR count). The topological polar surface area (TPSA) is 41.8 Å². The lowest BCUT2D eigenvalue weighted by molar-refractivity contribution is 0.813. The second-order valence-electron chi connectivity index (χ2n) is 3.81. The lowest BCUT2D eigenvalue weighted by Crippen LogP contribution is -2.01. The molecule has 0 saturated carbocycles. The Morgan fingerprint density at radius 3 is 2.93 bits per heavy atom. The van der Waals surface area contributed by atoms with Crippen LogP contribution >= 0.6 is 15.9 Å². The van der Waals surface area contributed by atoms with E-state index < -0.39 is 0 Å². The van der Waals surface area contributed by atoms with E-state index >= 15 is 0 Å². The highest BCUT2D eigenvalue weighted by Gasteiger charge is 2.06. The van der Waals surface area contributed by atoms with Crippen LogP contribution in [0, 0.1) is 6.92 Å². The Morgan fingerprint density at radius 2 is 2.20 bits per heavy atom. The van der Waals surface area contributed by atoms with Gasteiger partial charge in [0.15, 0.2) is 0 Å². The quantitative estimate of drug-likeness (QED) is 0.881. The van der Waals surface area contributed by atoms with Gasteiger partial charge in [0.1, 0.15) is 0 Å². The third-order valence-corrected chi connectivity index (χ3v) is 3.25. The van der Waals surface area contributed by atoms with Gasteiger partial charge >= 0.3 is 0 Å². The molecule has 0 amide bonds. The number of aromatic amines is 1. The molecule has 0 atom stereocenters. The van der Waals surface area contributed by atoms with E-state index in [0.29, 0.717) is 0 Å². The van der Waals surface area contributed by atoms with E-state index in [1.165, 1.54) is 22.2 Å². The average Bonchev–Trinajstić information content (AvgIpc) is 2.53. The van der Waals surface area contributed by atoms with Gasteiger partial charge in [-0.1, -0.05) is 15.9 Å². The number of hydrogen-bond acceptors (Lipinski definition) is 1. The number of nitrogens with one attached hydrogen (secondary N) is 1. The summed E-state index contributed by atoms with van der Waals surface area (Å²) in [5.41, 5.74) is 9.39. The standard InChI is InChI=1S/C12H15BrN2/c1-8-10-7-9(13)4-5-12(10)15-11(8)3-2-6-14/h4-5,7,15H,2-3,6,14H2,1H3. The lowest BCUT2D eigenvalue weighted by atomic mass is 10.1. The molecule has 0 aliphatic heterocycles. The SMILES string of the molecule is Cc1c(CCCN)[nH]c2ccc(Br)cc12. The van der Waals surface area contributed by atoms with E-state index in [4.69, 9.17) is 5.73 Å². The summed E-state index contributed by atoms with van der Waals surface area (Å²) in [6, 6.07) is 6.33. The number of halogens is 1. The highest BCUT2D eigenvalue weighted by atomic mass is 79.9. The first-order chi connectivity index (χ1) is 7.22. The summed E-state index contributed by atoms with van der Waals surface area (Å²) in [7, 11) is 0. The summed E-state index contributed by atoms with van der Waals surface area (Å²) in [6.07, 6.45) is 2.07. The van der Waals surface area contributed by atoms with Gasteiger partial charge in [-0.05, 0) is 50.1 Å². The highest BCUT2D eigenvalue weighted by molar-refractivity contribution is 9.10. The van der Waals surface area contributed by atoms with Crippen molar-refractivity contribution < 1.29 is 0 Å². The van der Waals surface area contributed by atoms with Crippen LogP contribution < -0.4 is 5.73 Å². The van der Waals surface area contributed by atoms with E-state index in [1.54, 1.807) is 0 Å². The van der Waals surface area contributed by atoms with Gasteiger partial charge in [0.25, 0.3) is 0 Å². The first kappa shape index (κ1) is 10.7. The van der Waals surface area contributed by atoms with Crippen molar-refractivity contribution in [3.63, 3.8) is 0 Å². The smallest absolute Gasteiger partial charge is 0.0459 e. The number of hydrogen-bond donors (Lipinski definition) is 2. The Hall–Kier alpha value is -0.800. The van der Waals surface area contributed by atoms with E-state index in [9.17, 15) is 0 Å². The summed E-state index contributed by atoms with van der Waals surface area (Å²) in [5.74, 6) is 0. The summed E-state index contributed by atoms with van der Waals surface area (Å²) in [6.45, 7) is 2.91. The molecule has 0 fully saturated rings. The fraction of sp³-hybridized carbons (Fsp3) is 0.333. The molecule has 0 aliphatic rings. The number of fused-ring (bicyclic) bond motifs is 1. The fourth-order valence-corrected chi connectivity index (χ4v) is 2.24. The molecule has 1 aromatic carbocycles. The van der Waals surface area contributed by atoms with E-state index in [2.05, 4.69) is 46.0 Å². The summed E-state index contributed by atoms with van der Waals surface area (Å²) in [4.78, 5) is 3.45. The normalized spacial score (nSPS) is 11.1. The molecule has 0 unspecified atom stereocenters. The minimum atomic E-state index is 0.749. The Labute approximate surface area is 98.0 Å². The molecule has 0 radical (unpaired) electrons. The minimum Gasteiger partial charge on any atom is -0.358 e. The molecule has 3 N–H and O–H groups in total. The number of H-pyrrole nitrogens is 1. The van der Waals surface area contributed by atoms with E-state index in [-0.39, 0.29) is 0 Å². The molecule has 2 aromatic rings. The molecule has 1 heterocycles. The largest absolute Gasteiger partial charge is 0.358 e. The zero-order chi connectivity index (χ0) is 10.8. The van der Waals surface area contributed by atoms with Crippen LogP contribution in [0.4, 0.5) is 0 Å². The fourth-order valence-electron chi connectivity index (χ4n) is 1.88. The Balaban J connectivity index is 2.45. The Bertz CT molecular complexity index is 474. The zero-order valence-electron chi connectivity index (χ0n) is 8.81. The third kappa shape index (κ3) is 2.08. The van der Waals surface area contributed by atoms with E-state index in [0.717, 1.165) is 23.9 Å². The lowest BCUT2D eigenvalue weighted by Gasteiger charge is -1.97. The van der Waals surface area contributed by atoms with Crippen molar-refractivity contribution >= 4 is 26.8 Å². The number of rotatable bonds is 3. The molecule has 0 aliphatic carbocycles. The van der Waals surface area contributed by atoms with Crippen LogP contribution in [0.2, 0.25) is 0 Å². The average molecular weight is 267 g/mol. The van der Waals surface area contributed by atoms with Crippen molar-refractivity contribution in [2.45, 2.75) is 19.8 Å². The molecule has 0 saturated heterocycles. The molecular formula is C12H15BrN2. The summed E-state index contributed by atoms with van der Waals surface area (Å²) >= 11 is 3.49. The monoisotopic (exact) mass is 266 g/mol. The number of nitrogens with two attached hydrogens (primary N) is 1. The van der Waals surface area contributed by atoms with Gasteiger partial charge in [-0.3, -0.25) is 0 Å². The van der Waals surface area contributed by atoms with Crippen molar-refractivity contribution in [1.29, 1.82) is 0 Å². The van der Waals surface area contributed by atoms with Crippen LogP contribution in [0.5, 0.6) is 0 Å². The van der Waals surface area contributed by atoms with Crippen molar-refractivity contribution in [3.05, 3.63) is 33.9 Å². The van der Waals surface area contributed by atoms with Gasteiger partial charge in [-0.2, -0.15) is 0 Å². The maximum Gasteiger partial charge on any atom is 0.0459 e. The van der Waals surface area contributed by atoms with Crippen molar-refractivity contribution in [2.75, 3.05) is 6.54 Å². The first-order valence-electron chi connectivity index (χ1n) is 5.19. The predicted molar refractivity (Wildman–Crippen MR) is 68.1 cm³/mol. The van der Waals surface area contributed by atoms with Crippen LogP contribution in [0.25, 0.3) is 10.9 Å². The third-order valence-electron chi connectivity index (χ3n) is 2.75. The van der Waals surface area contributed by atoms with Crippen LogP contribution in [-0.4, -0.2) is 11.5 Å². The maximum atomic E-state index is 5.52. The maximum absolute atomic E-state index is 5.52. The summed E-state index contributed by atoms with van der Waals surface area (Å²) in [5, 5.41) is 1.30. The zero-order valence-corrected chi connectivity index (χ0v) is 10.4. The van der Waals surface area contributed by atoms with Gasteiger partial charge in [0.2, 0.25) is 0 Å². The Morgan fingerprint density at radius 1 is 1.40 bits per heavy atom. The van der Waals surface area contributed by atoms with Crippen LogP contribution in [0.3, 0.4) is 0 Å². The van der Waals surface area contributed by atoms with Gasteiger partial charge in [-0.15, -0.1) is 0 Å². The molecule has 3 heteroatoms. The van der Waals surface area contributed by atoms with Crippen molar-refractivity contribution in [3.8, 4) is 0 Å². The van der Waals surface area contributed by atoms with Crippen LogP contribution in [-0.2, 0) is 6.42 Å². The first-order valence-corrected chi connectivity index (χ1v) is 5.98. The highest BCUT2D eigenvalue weighted by Crippen LogP contribution is 2.25. The molecule has 80 valence electrons. The van der Waals surface area contributed by atoms with E-state index in [1.807, 2.05) is 0 Å². The molecule has 0 spiro atoms. The molecule has 1 aromatic heterocycles. The summed E-state index contributed by atoms with van der Waals surface area (Å²) < 4.78 is 1.13. The Kier molecular flexibility index (Phi) is 3.12. The van der Waals surface area contributed by atoms with Gasteiger partial charge in [0.05, 0.1) is 0 Å². The second-order valence-corrected chi connectivity index (χ2v) is 4.73. The second kappa shape index (κ2) is 4.37. The van der Waals surface area contributed by atoms with Crippen molar-refractivity contribution in [1.82, 2.24) is 4.98 Å². The predicted octanol–water partition coefficient (Wildman–Crippen LogP) is 3.13. The molecular weight excluding hydrogens is 252 g/mol. The number of aromatic nitrogens is 1. The van der Waals surface area contributed by atoms with Crippen LogP contribution in [0.15, 0.2) is 22.7 Å².